The van der Waals surface area contributed by atoms with E-state index >= 15 is 0 Å². The first-order valence-corrected chi connectivity index (χ1v) is 10.8. The predicted molar refractivity (Wildman–Crippen MR) is 122 cm³/mol. The fourth-order valence-electron chi connectivity index (χ4n) is 3.80. The summed E-state index contributed by atoms with van der Waals surface area (Å²) < 4.78 is 84.0. The van der Waals surface area contributed by atoms with E-state index in [0.29, 0.717) is 16.8 Å². The molecule has 3 aromatic carbocycles. The van der Waals surface area contributed by atoms with Gasteiger partial charge in [-0.3, -0.25) is 4.90 Å². The summed E-state index contributed by atoms with van der Waals surface area (Å²) in [5, 5.41) is 5.62. The molecule has 0 spiro atoms. The minimum Gasteiger partial charge on any atom is -0.435 e. The summed E-state index contributed by atoms with van der Waals surface area (Å²) in [6.45, 7) is -2.91. The Morgan fingerprint density at radius 3 is 2.14 bits per heavy atom. The zero-order valence-corrected chi connectivity index (χ0v) is 19.1. The Labute approximate surface area is 207 Å². The standard InChI is InChI=1S/C25H19F6N3O3/c1-33(18-8-12-20(13-9-18)37-25(29,30)31)24(35)34-14-21(15-2-6-17(26)7-3-15)22(32-34)16-4-10-19(11-5-16)36-23(27)28/h2-13,21,23H,14H2,1H3. The molecule has 0 fully saturated rings. The molecule has 0 bridgehead atoms. The van der Waals surface area contributed by atoms with Crippen molar-refractivity contribution in [3.63, 3.8) is 0 Å². The number of benzene rings is 3. The first-order chi connectivity index (χ1) is 17.5. The molecule has 0 radical (unpaired) electrons. The van der Waals surface area contributed by atoms with Crippen LogP contribution in [0.15, 0.2) is 77.9 Å². The minimum absolute atomic E-state index is 0.0544. The van der Waals surface area contributed by atoms with Gasteiger partial charge in [0.15, 0.2) is 0 Å². The average Bonchev–Trinajstić information content (AvgIpc) is 3.29. The average molecular weight is 523 g/mol. The molecule has 1 aliphatic rings. The Morgan fingerprint density at radius 1 is 0.973 bits per heavy atom. The number of hydrazone groups is 1. The van der Waals surface area contributed by atoms with Gasteiger partial charge in [-0.2, -0.15) is 13.9 Å². The van der Waals surface area contributed by atoms with Crippen molar-refractivity contribution in [3.05, 3.63) is 89.7 Å². The van der Waals surface area contributed by atoms with Gasteiger partial charge in [0.2, 0.25) is 0 Å². The van der Waals surface area contributed by atoms with Crippen molar-refractivity contribution < 1.29 is 40.6 Å². The highest BCUT2D eigenvalue weighted by Gasteiger charge is 2.34. The minimum atomic E-state index is -4.84. The molecule has 0 aromatic heterocycles. The number of carbonyl (C=O) groups excluding carboxylic acids is 1. The number of hydrogen-bond acceptors (Lipinski definition) is 4. The van der Waals surface area contributed by atoms with Gasteiger partial charge in [-0.15, -0.1) is 13.2 Å². The molecule has 1 heterocycles. The van der Waals surface area contributed by atoms with Gasteiger partial charge in [-0.05, 0) is 71.8 Å². The Bertz CT molecular complexity index is 1260. The lowest BCUT2D eigenvalue weighted by Crippen LogP contribution is -2.37. The fourth-order valence-corrected chi connectivity index (χ4v) is 3.80. The number of hydrogen-bond donors (Lipinski definition) is 0. The molecule has 0 saturated carbocycles. The highest BCUT2D eigenvalue weighted by atomic mass is 19.4. The van der Waals surface area contributed by atoms with Crippen molar-refractivity contribution in [1.29, 1.82) is 0 Å². The topological polar surface area (TPSA) is 54.4 Å². The largest absolute Gasteiger partial charge is 0.573 e. The van der Waals surface area contributed by atoms with Crippen LogP contribution in [-0.4, -0.2) is 43.3 Å². The summed E-state index contributed by atoms with van der Waals surface area (Å²) in [5.74, 6) is -1.41. The quantitative estimate of drug-likeness (QED) is 0.352. The maximum atomic E-state index is 13.5. The van der Waals surface area contributed by atoms with Crippen LogP contribution in [0.2, 0.25) is 0 Å². The fraction of sp³-hybridized carbons (Fsp3) is 0.200. The lowest BCUT2D eigenvalue weighted by molar-refractivity contribution is -0.274. The lowest BCUT2D eigenvalue weighted by Gasteiger charge is -2.23. The van der Waals surface area contributed by atoms with E-state index < -0.39 is 36.5 Å². The van der Waals surface area contributed by atoms with Crippen LogP contribution in [0.1, 0.15) is 17.0 Å². The maximum absolute atomic E-state index is 13.5. The molecule has 0 N–H and O–H groups in total. The number of alkyl halides is 5. The molecule has 37 heavy (non-hydrogen) atoms. The third-order valence-corrected chi connectivity index (χ3v) is 5.53. The van der Waals surface area contributed by atoms with Gasteiger partial charge >= 0.3 is 19.0 Å². The molecule has 0 saturated heterocycles. The third kappa shape index (κ3) is 6.32. The van der Waals surface area contributed by atoms with Crippen molar-refractivity contribution in [2.24, 2.45) is 5.10 Å². The first kappa shape index (κ1) is 25.9. The second-order valence-electron chi connectivity index (χ2n) is 7.96. The van der Waals surface area contributed by atoms with Gasteiger partial charge in [0.05, 0.1) is 12.3 Å². The molecular formula is C25H19F6N3O3. The van der Waals surface area contributed by atoms with E-state index in [0.717, 1.165) is 12.1 Å². The summed E-state index contributed by atoms with van der Waals surface area (Å²) in [6.07, 6.45) is -4.84. The number of ether oxygens (including phenoxy) is 2. The maximum Gasteiger partial charge on any atom is 0.573 e. The van der Waals surface area contributed by atoms with Gasteiger partial charge in [0.25, 0.3) is 0 Å². The van der Waals surface area contributed by atoms with Crippen LogP contribution >= 0.6 is 0 Å². The molecule has 2 amide bonds. The Hall–Kier alpha value is -4.22. The predicted octanol–water partition coefficient (Wildman–Crippen LogP) is 6.39. The second-order valence-corrected chi connectivity index (χ2v) is 7.96. The van der Waals surface area contributed by atoms with Crippen molar-refractivity contribution in [1.82, 2.24) is 5.01 Å². The van der Waals surface area contributed by atoms with Crippen molar-refractivity contribution >= 4 is 17.4 Å². The Morgan fingerprint density at radius 2 is 1.57 bits per heavy atom. The number of nitrogens with zero attached hydrogens (tertiary/aromatic N) is 3. The molecular weight excluding hydrogens is 504 g/mol. The third-order valence-electron chi connectivity index (χ3n) is 5.53. The van der Waals surface area contributed by atoms with Crippen LogP contribution in [0.4, 0.5) is 36.8 Å². The SMILES string of the molecule is CN(C(=O)N1CC(c2ccc(F)cc2)C(c2ccc(OC(F)F)cc2)=N1)c1ccc(OC(F)(F)F)cc1. The van der Waals surface area contributed by atoms with E-state index in [2.05, 4.69) is 14.6 Å². The number of urea groups is 1. The van der Waals surface area contributed by atoms with Crippen molar-refractivity contribution in [2.75, 3.05) is 18.5 Å². The number of carbonyl (C=O) groups is 1. The smallest absolute Gasteiger partial charge is 0.435 e. The first-order valence-electron chi connectivity index (χ1n) is 10.8. The van der Waals surface area contributed by atoms with Crippen LogP contribution < -0.4 is 14.4 Å². The van der Waals surface area contributed by atoms with E-state index in [9.17, 15) is 31.1 Å². The monoisotopic (exact) mass is 523 g/mol. The zero-order valence-electron chi connectivity index (χ0n) is 19.1. The van der Waals surface area contributed by atoms with Crippen LogP contribution in [-0.2, 0) is 0 Å². The Balaban J connectivity index is 1.59. The number of anilines is 1. The van der Waals surface area contributed by atoms with Crippen LogP contribution in [0.5, 0.6) is 11.5 Å². The van der Waals surface area contributed by atoms with E-state index in [1.165, 1.54) is 65.5 Å². The molecule has 194 valence electrons. The molecule has 1 unspecified atom stereocenters. The molecule has 4 rings (SSSR count). The van der Waals surface area contributed by atoms with E-state index in [1.54, 1.807) is 12.1 Å². The zero-order chi connectivity index (χ0) is 26.7. The molecule has 3 aromatic rings. The summed E-state index contributed by atoms with van der Waals surface area (Å²) in [6, 6.07) is 15.5. The van der Waals surface area contributed by atoms with Crippen molar-refractivity contribution in [3.8, 4) is 11.5 Å². The van der Waals surface area contributed by atoms with Crippen LogP contribution in [0.3, 0.4) is 0 Å². The molecule has 0 aliphatic carbocycles. The number of rotatable bonds is 6. The lowest BCUT2D eigenvalue weighted by atomic mass is 9.90. The van der Waals surface area contributed by atoms with Gasteiger partial charge in [-0.25, -0.2) is 14.2 Å². The highest BCUT2D eigenvalue weighted by Crippen LogP contribution is 2.32. The number of amides is 2. The van der Waals surface area contributed by atoms with Gasteiger partial charge < -0.3 is 9.47 Å². The molecule has 6 nitrogen and oxygen atoms in total. The van der Waals surface area contributed by atoms with Crippen molar-refractivity contribution in [2.45, 2.75) is 18.9 Å². The Kier molecular flexibility index (Phi) is 7.28. The van der Waals surface area contributed by atoms with E-state index in [1.807, 2.05) is 0 Å². The summed E-state index contributed by atoms with van der Waals surface area (Å²) in [5.41, 5.74) is 1.92. The van der Waals surface area contributed by atoms with Gasteiger partial charge in [-0.1, -0.05) is 12.1 Å². The summed E-state index contributed by atoms with van der Waals surface area (Å²) in [4.78, 5) is 14.4. The van der Waals surface area contributed by atoms with E-state index in [-0.39, 0.29) is 18.0 Å². The van der Waals surface area contributed by atoms with Gasteiger partial charge in [0.1, 0.15) is 17.3 Å². The normalized spacial score (nSPS) is 15.5. The second kappa shape index (κ2) is 10.4. The summed E-state index contributed by atoms with van der Waals surface area (Å²) >= 11 is 0. The van der Waals surface area contributed by atoms with E-state index in [4.69, 9.17) is 0 Å². The molecule has 1 aliphatic heterocycles. The highest BCUT2D eigenvalue weighted by molar-refractivity contribution is 6.08. The molecule has 12 heteroatoms. The molecule has 1 atom stereocenters. The number of halogens is 6. The van der Waals surface area contributed by atoms with Crippen LogP contribution in [0.25, 0.3) is 0 Å². The van der Waals surface area contributed by atoms with Gasteiger partial charge in [0, 0.05) is 18.7 Å². The summed E-state index contributed by atoms with van der Waals surface area (Å²) in [7, 11) is 1.43. The van der Waals surface area contributed by atoms with Crippen LogP contribution in [0, 0.1) is 5.82 Å².